The van der Waals surface area contributed by atoms with Gasteiger partial charge >= 0.3 is 0 Å². The molecule has 1 aliphatic rings. The molecule has 1 saturated heterocycles. The number of carbonyl (C=O) groups is 1. The van der Waals surface area contributed by atoms with Gasteiger partial charge in [-0.3, -0.25) is 9.69 Å². The van der Waals surface area contributed by atoms with Gasteiger partial charge in [0.2, 0.25) is 5.91 Å². The SMILES string of the molecule is CCOc1ccc(NC(=O)CN(C)C2CNC2)cc1.Cl. The quantitative estimate of drug-likeness (QED) is 0.832. The molecule has 0 atom stereocenters. The van der Waals surface area contributed by atoms with Gasteiger partial charge in [-0.05, 0) is 38.2 Å². The molecular formula is C14H22ClN3O2. The number of nitrogens with one attached hydrogen (secondary N) is 2. The van der Waals surface area contributed by atoms with E-state index in [0.717, 1.165) is 24.5 Å². The number of benzene rings is 1. The van der Waals surface area contributed by atoms with Crippen molar-refractivity contribution in [2.24, 2.45) is 0 Å². The fraction of sp³-hybridized carbons (Fsp3) is 0.500. The smallest absolute Gasteiger partial charge is 0.238 e. The van der Waals surface area contributed by atoms with Crippen molar-refractivity contribution in [2.75, 3.05) is 38.6 Å². The topological polar surface area (TPSA) is 53.6 Å². The zero-order valence-corrected chi connectivity index (χ0v) is 12.7. The van der Waals surface area contributed by atoms with Gasteiger partial charge in [-0.15, -0.1) is 12.4 Å². The predicted molar refractivity (Wildman–Crippen MR) is 82.8 cm³/mol. The standard InChI is InChI=1S/C14H21N3O2.ClH/c1-3-19-13-6-4-11(5-7-13)16-14(18)10-17(2)12-8-15-9-12;/h4-7,12,15H,3,8-10H2,1-2H3,(H,16,18);1H. The van der Waals surface area contributed by atoms with Crippen molar-refractivity contribution in [1.29, 1.82) is 0 Å². The highest BCUT2D eigenvalue weighted by Gasteiger charge is 2.22. The zero-order chi connectivity index (χ0) is 13.7. The number of anilines is 1. The molecule has 5 nitrogen and oxygen atoms in total. The number of hydrogen-bond acceptors (Lipinski definition) is 4. The van der Waals surface area contributed by atoms with Crippen LogP contribution in [0.3, 0.4) is 0 Å². The number of halogens is 1. The van der Waals surface area contributed by atoms with Crippen LogP contribution in [0.2, 0.25) is 0 Å². The van der Waals surface area contributed by atoms with Crippen LogP contribution in [-0.4, -0.2) is 50.1 Å². The lowest BCUT2D eigenvalue weighted by atomic mass is 10.1. The van der Waals surface area contributed by atoms with Crippen LogP contribution in [0.25, 0.3) is 0 Å². The molecule has 20 heavy (non-hydrogen) atoms. The molecule has 0 saturated carbocycles. The first-order chi connectivity index (χ1) is 9.19. The number of rotatable bonds is 6. The summed E-state index contributed by atoms with van der Waals surface area (Å²) in [6.45, 7) is 4.94. The van der Waals surface area contributed by atoms with Gasteiger partial charge in [0, 0.05) is 24.8 Å². The Bertz CT molecular complexity index is 421. The van der Waals surface area contributed by atoms with Gasteiger partial charge in [-0.25, -0.2) is 0 Å². The van der Waals surface area contributed by atoms with E-state index in [2.05, 4.69) is 15.5 Å². The van der Waals surface area contributed by atoms with E-state index >= 15 is 0 Å². The summed E-state index contributed by atoms with van der Waals surface area (Å²) in [6.07, 6.45) is 0. The van der Waals surface area contributed by atoms with E-state index in [-0.39, 0.29) is 18.3 Å². The van der Waals surface area contributed by atoms with Crippen molar-refractivity contribution in [1.82, 2.24) is 10.2 Å². The first kappa shape index (κ1) is 16.8. The lowest BCUT2D eigenvalue weighted by molar-refractivity contribution is -0.117. The maximum atomic E-state index is 11.9. The second kappa shape index (κ2) is 8.09. The van der Waals surface area contributed by atoms with Crippen LogP contribution in [-0.2, 0) is 4.79 Å². The molecule has 1 aliphatic heterocycles. The van der Waals surface area contributed by atoms with Gasteiger partial charge < -0.3 is 15.4 Å². The van der Waals surface area contributed by atoms with Gasteiger partial charge in [0.05, 0.1) is 13.2 Å². The Hall–Kier alpha value is -1.30. The molecule has 1 heterocycles. The van der Waals surface area contributed by atoms with E-state index in [9.17, 15) is 4.79 Å². The molecule has 2 rings (SSSR count). The van der Waals surface area contributed by atoms with E-state index in [1.165, 1.54) is 0 Å². The lowest BCUT2D eigenvalue weighted by Gasteiger charge is -2.35. The number of amides is 1. The highest BCUT2D eigenvalue weighted by atomic mass is 35.5. The Morgan fingerprint density at radius 1 is 1.40 bits per heavy atom. The molecule has 0 aromatic heterocycles. The third kappa shape index (κ3) is 4.67. The second-order valence-electron chi connectivity index (χ2n) is 4.73. The van der Waals surface area contributed by atoms with Crippen molar-refractivity contribution in [2.45, 2.75) is 13.0 Å². The van der Waals surface area contributed by atoms with Gasteiger partial charge in [-0.2, -0.15) is 0 Å². The van der Waals surface area contributed by atoms with Gasteiger partial charge in [0.25, 0.3) is 0 Å². The minimum atomic E-state index is 0. The Balaban J connectivity index is 0.00000200. The van der Waals surface area contributed by atoms with Crippen LogP contribution in [0.5, 0.6) is 5.75 Å². The third-order valence-electron chi connectivity index (χ3n) is 3.23. The van der Waals surface area contributed by atoms with Gasteiger partial charge in [-0.1, -0.05) is 0 Å². The fourth-order valence-electron chi connectivity index (χ4n) is 1.94. The Morgan fingerprint density at radius 3 is 2.55 bits per heavy atom. The first-order valence-corrected chi connectivity index (χ1v) is 6.62. The Morgan fingerprint density at radius 2 is 2.05 bits per heavy atom. The number of carbonyl (C=O) groups excluding carboxylic acids is 1. The predicted octanol–water partition coefficient (Wildman–Crippen LogP) is 1.35. The third-order valence-corrected chi connectivity index (χ3v) is 3.23. The largest absolute Gasteiger partial charge is 0.494 e. The van der Waals surface area contributed by atoms with E-state index < -0.39 is 0 Å². The van der Waals surface area contributed by atoms with Crippen LogP contribution < -0.4 is 15.4 Å². The first-order valence-electron chi connectivity index (χ1n) is 6.62. The van der Waals surface area contributed by atoms with Crippen molar-refractivity contribution in [3.63, 3.8) is 0 Å². The van der Waals surface area contributed by atoms with Crippen LogP contribution in [0.15, 0.2) is 24.3 Å². The molecule has 0 aliphatic carbocycles. The summed E-state index contributed by atoms with van der Waals surface area (Å²) in [5.41, 5.74) is 0.800. The highest BCUT2D eigenvalue weighted by molar-refractivity contribution is 5.92. The fourth-order valence-corrected chi connectivity index (χ4v) is 1.94. The highest BCUT2D eigenvalue weighted by Crippen LogP contribution is 2.15. The second-order valence-corrected chi connectivity index (χ2v) is 4.73. The Kier molecular flexibility index (Phi) is 6.78. The van der Waals surface area contributed by atoms with E-state index in [1.807, 2.05) is 38.2 Å². The summed E-state index contributed by atoms with van der Waals surface area (Å²) < 4.78 is 5.36. The molecule has 2 N–H and O–H groups in total. The van der Waals surface area contributed by atoms with Gasteiger partial charge in [0.1, 0.15) is 5.75 Å². The summed E-state index contributed by atoms with van der Waals surface area (Å²) in [5, 5.41) is 6.08. The molecule has 1 aromatic carbocycles. The average Bonchev–Trinajstić information content (AvgIpc) is 2.29. The number of likely N-dealkylation sites (N-methyl/N-ethyl adjacent to an activating group) is 1. The molecule has 112 valence electrons. The Labute approximate surface area is 126 Å². The molecule has 6 heteroatoms. The van der Waals surface area contributed by atoms with Gasteiger partial charge in [0.15, 0.2) is 0 Å². The van der Waals surface area contributed by atoms with Crippen LogP contribution in [0.1, 0.15) is 6.92 Å². The van der Waals surface area contributed by atoms with E-state index in [1.54, 1.807) is 0 Å². The summed E-state index contributed by atoms with van der Waals surface area (Å²) in [7, 11) is 1.98. The molecule has 1 fully saturated rings. The minimum Gasteiger partial charge on any atom is -0.494 e. The summed E-state index contributed by atoms with van der Waals surface area (Å²) >= 11 is 0. The van der Waals surface area contributed by atoms with Crippen LogP contribution in [0.4, 0.5) is 5.69 Å². The van der Waals surface area contributed by atoms with Crippen molar-refractivity contribution < 1.29 is 9.53 Å². The monoisotopic (exact) mass is 299 g/mol. The van der Waals surface area contributed by atoms with Crippen molar-refractivity contribution in [3.8, 4) is 5.75 Å². The number of hydrogen-bond donors (Lipinski definition) is 2. The van der Waals surface area contributed by atoms with Crippen molar-refractivity contribution >= 4 is 24.0 Å². The minimum absolute atomic E-state index is 0. The van der Waals surface area contributed by atoms with E-state index in [0.29, 0.717) is 19.2 Å². The summed E-state index contributed by atoms with van der Waals surface area (Å²) in [4.78, 5) is 13.9. The lowest BCUT2D eigenvalue weighted by Crippen LogP contribution is -2.57. The molecule has 0 unspecified atom stereocenters. The summed E-state index contributed by atoms with van der Waals surface area (Å²) in [5.74, 6) is 0.830. The van der Waals surface area contributed by atoms with Crippen molar-refractivity contribution in [3.05, 3.63) is 24.3 Å². The van der Waals surface area contributed by atoms with Crippen LogP contribution >= 0.6 is 12.4 Å². The normalized spacial score (nSPS) is 14.3. The van der Waals surface area contributed by atoms with E-state index in [4.69, 9.17) is 4.74 Å². The zero-order valence-electron chi connectivity index (χ0n) is 11.9. The molecular weight excluding hydrogens is 278 g/mol. The molecule has 1 amide bonds. The molecule has 0 spiro atoms. The summed E-state index contributed by atoms with van der Waals surface area (Å²) in [6, 6.07) is 7.91. The number of ether oxygens (including phenoxy) is 1. The maximum absolute atomic E-state index is 11.9. The molecule has 0 bridgehead atoms. The average molecular weight is 300 g/mol. The molecule has 0 radical (unpaired) electrons. The maximum Gasteiger partial charge on any atom is 0.238 e. The number of nitrogens with zero attached hydrogens (tertiary/aromatic N) is 1. The van der Waals surface area contributed by atoms with Crippen LogP contribution in [0, 0.1) is 0 Å². The molecule has 1 aromatic rings.